The van der Waals surface area contributed by atoms with E-state index in [0.29, 0.717) is 0 Å². The molecule has 0 saturated heterocycles. The maximum atomic E-state index is 10.1. The van der Waals surface area contributed by atoms with E-state index in [4.69, 9.17) is 13.7 Å². The Morgan fingerprint density at radius 3 is 0.688 bits per heavy atom. The summed E-state index contributed by atoms with van der Waals surface area (Å²) in [4.78, 5) is 0. The molecule has 0 atom stereocenters. The van der Waals surface area contributed by atoms with Crippen LogP contribution in [-0.4, -0.2) is 131 Å². The van der Waals surface area contributed by atoms with Crippen LogP contribution in [0.5, 0.6) is 0 Å². The first-order valence-electron chi connectivity index (χ1n) is 2.25. The Labute approximate surface area is 159 Å². The molecule has 3 N–H and O–H groups in total. The zero-order valence-corrected chi connectivity index (χ0v) is 8.04. The van der Waals surface area contributed by atoms with E-state index in [0.717, 1.165) is 0 Å². The van der Waals surface area contributed by atoms with Crippen LogP contribution in [0, 0.1) is 0 Å². The molecule has 86 valence electrons. The Hall–Kier alpha value is 2.73. The molecule has 0 aliphatic rings. The van der Waals surface area contributed by atoms with Crippen molar-refractivity contribution < 1.29 is 38.9 Å². The predicted octanol–water partition coefficient (Wildman–Crippen LogP) is -4.01. The van der Waals surface area contributed by atoms with Crippen LogP contribution in [0.1, 0.15) is 0 Å². The number of rotatable bonds is 3. The van der Waals surface area contributed by atoms with Crippen LogP contribution in [0.3, 0.4) is 0 Å². The predicted molar refractivity (Wildman–Crippen MR) is 59.9 cm³/mol. The van der Waals surface area contributed by atoms with E-state index in [1.807, 2.05) is 0 Å². The van der Waals surface area contributed by atoms with Crippen molar-refractivity contribution in [3.05, 3.63) is 0 Å². The van der Waals surface area contributed by atoms with E-state index >= 15 is 0 Å². The summed E-state index contributed by atoms with van der Waals surface area (Å²) in [7, 11) is -17.0. The topological polar surface area (TPSA) is 163 Å². The van der Waals surface area contributed by atoms with Crippen molar-refractivity contribution in [1.82, 2.24) is 0 Å². The van der Waals surface area contributed by atoms with Crippen LogP contribution >= 0.6 is 0 Å². The van der Waals surface area contributed by atoms with Gasteiger partial charge in [0.1, 0.15) is 0 Å². The van der Waals surface area contributed by atoms with Gasteiger partial charge < -0.3 is 0 Å². The standard InChI is InChI=1S/CH4O9S3.3Na.3H/c2-11(3,4)1(12(5,6)7)13(8,9)10;;;;;;/h1H,(H,2,3,4)(H,5,6,7)(H,8,9,10);;;;;;. The van der Waals surface area contributed by atoms with Gasteiger partial charge in [-0.1, -0.05) is 0 Å². The van der Waals surface area contributed by atoms with Gasteiger partial charge in [-0.2, -0.15) is 25.3 Å². The van der Waals surface area contributed by atoms with Crippen LogP contribution in [-0.2, 0) is 30.4 Å². The quantitative estimate of drug-likeness (QED) is 0.346. The van der Waals surface area contributed by atoms with Gasteiger partial charge in [0.05, 0.1) is 0 Å². The van der Waals surface area contributed by atoms with Gasteiger partial charge in [0.2, 0.25) is 0 Å². The molecule has 16 heavy (non-hydrogen) atoms. The second kappa shape index (κ2) is 8.81. The third-order valence-corrected chi connectivity index (χ3v) is 6.57. The molecule has 0 fully saturated rings. The Morgan fingerprint density at radius 2 is 0.688 bits per heavy atom. The van der Waals surface area contributed by atoms with Crippen molar-refractivity contribution in [1.29, 1.82) is 0 Å². The zero-order chi connectivity index (χ0) is 11.1. The van der Waals surface area contributed by atoms with Crippen LogP contribution in [0.25, 0.3) is 0 Å². The van der Waals surface area contributed by atoms with E-state index < -0.39 is 34.3 Å². The van der Waals surface area contributed by atoms with Gasteiger partial charge in [-0.15, -0.1) is 0 Å². The Bertz CT molecular complexity index is 408. The fraction of sp³-hybridized carbons (Fsp3) is 1.00. The van der Waals surface area contributed by atoms with Gasteiger partial charge in [-0.05, 0) is 0 Å². The van der Waals surface area contributed by atoms with E-state index in [1.54, 1.807) is 0 Å². The number of hydrogen-bond donors (Lipinski definition) is 3. The number of hydrogen-bond acceptors (Lipinski definition) is 6. The first kappa shape index (κ1) is 27.1. The third kappa shape index (κ3) is 9.63. The molecule has 0 saturated carbocycles. The minimum atomic E-state index is -5.66. The second-order valence-corrected chi connectivity index (χ2v) is 7.23. The molecule has 0 spiro atoms. The van der Waals surface area contributed by atoms with Crippen molar-refractivity contribution in [2.45, 2.75) is 3.91 Å². The first-order valence-corrected chi connectivity index (χ1v) is 6.76. The summed E-state index contributed by atoms with van der Waals surface area (Å²) in [5, 5.41) is 0. The molecular weight excluding hydrogens is 321 g/mol. The average Bonchev–Trinajstić information content (AvgIpc) is 1.44. The van der Waals surface area contributed by atoms with Crippen molar-refractivity contribution >= 4 is 119 Å². The molecule has 0 rings (SSSR count). The van der Waals surface area contributed by atoms with Gasteiger partial charge >= 0.3 is 123 Å². The zero-order valence-electron chi connectivity index (χ0n) is 5.59. The fourth-order valence-electron chi connectivity index (χ4n) is 0.461. The molecular formula is CH7Na3O9S3. The molecule has 0 aromatic heterocycles. The van der Waals surface area contributed by atoms with Crippen LogP contribution < -0.4 is 0 Å². The molecule has 0 bridgehead atoms. The molecule has 0 radical (unpaired) electrons. The molecule has 0 amide bonds. The van der Waals surface area contributed by atoms with Gasteiger partial charge in [0, 0.05) is 0 Å². The fourth-order valence-corrected chi connectivity index (χ4v) is 4.15. The van der Waals surface area contributed by atoms with E-state index in [2.05, 4.69) is 0 Å². The van der Waals surface area contributed by atoms with Crippen molar-refractivity contribution in [3.8, 4) is 0 Å². The van der Waals surface area contributed by atoms with Gasteiger partial charge in [-0.25, -0.2) is 0 Å². The van der Waals surface area contributed by atoms with Crippen LogP contribution in [0.2, 0.25) is 0 Å². The normalized spacial score (nSPS) is 12.0. The second-order valence-electron chi connectivity index (χ2n) is 1.83. The summed E-state index contributed by atoms with van der Waals surface area (Å²) in [5.41, 5.74) is 0. The van der Waals surface area contributed by atoms with Crippen LogP contribution in [0.15, 0.2) is 0 Å². The van der Waals surface area contributed by atoms with E-state index in [9.17, 15) is 25.3 Å². The Morgan fingerprint density at radius 1 is 0.562 bits per heavy atom. The molecule has 0 aliphatic heterocycles. The SMILES string of the molecule is O=S(=O)(O)C(S(=O)(=O)O)S(=O)(=O)O.[NaH].[NaH].[NaH]. The first-order chi connectivity index (χ1) is 5.37. The summed E-state index contributed by atoms with van der Waals surface area (Å²) >= 11 is 0. The summed E-state index contributed by atoms with van der Waals surface area (Å²) in [6, 6.07) is 0. The van der Waals surface area contributed by atoms with E-state index in [-0.39, 0.29) is 88.7 Å². The average molecular weight is 328 g/mol. The maximum absolute atomic E-state index is 10.1. The molecule has 0 heterocycles. The monoisotopic (exact) mass is 328 g/mol. The van der Waals surface area contributed by atoms with E-state index in [1.165, 1.54) is 0 Å². The summed E-state index contributed by atoms with van der Waals surface area (Å²) in [5.74, 6) is 0. The molecule has 0 aliphatic carbocycles. The molecule has 0 aromatic carbocycles. The molecule has 0 unspecified atom stereocenters. The molecule has 0 aromatic rings. The molecule has 15 heteroatoms. The van der Waals surface area contributed by atoms with Crippen molar-refractivity contribution in [3.63, 3.8) is 0 Å². The van der Waals surface area contributed by atoms with Gasteiger partial charge in [-0.3, -0.25) is 13.7 Å². The Balaban J connectivity index is -0.000000240. The van der Waals surface area contributed by atoms with Gasteiger partial charge in [0.25, 0.3) is 0 Å². The summed E-state index contributed by atoms with van der Waals surface area (Å²) in [6.45, 7) is 0. The molecule has 9 nitrogen and oxygen atoms in total. The van der Waals surface area contributed by atoms with Gasteiger partial charge in [0.15, 0.2) is 0 Å². The minimum absolute atomic E-state index is 0. The third-order valence-electron chi connectivity index (χ3n) is 0.730. The van der Waals surface area contributed by atoms with Crippen LogP contribution in [0.4, 0.5) is 0 Å². The van der Waals surface area contributed by atoms with Crippen molar-refractivity contribution in [2.75, 3.05) is 0 Å². The van der Waals surface area contributed by atoms with Crippen molar-refractivity contribution in [2.24, 2.45) is 0 Å². The summed E-state index contributed by atoms with van der Waals surface area (Å²) in [6.07, 6.45) is 0. The summed E-state index contributed by atoms with van der Waals surface area (Å²) < 4.78 is 81.1. The Kier molecular flexibility index (Phi) is 14.9.